The van der Waals surface area contributed by atoms with Crippen LogP contribution < -0.4 is 11.1 Å². The van der Waals surface area contributed by atoms with E-state index in [4.69, 9.17) is 5.73 Å². The van der Waals surface area contributed by atoms with Gasteiger partial charge >= 0.3 is 0 Å². The molecule has 0 aliphatic carbocycles. The molecular formula is C13H28ClN3O3S. The van der Waals surface area contributed by atoms with Gasteiger partial charge in [0.25, 0.3) is 0 Å². The number of nitrogens with zero attached hydrogens (tertiary/aromatic N) is 1. The van der Waals surface area contributed by atoms with E-state index in [-0.39, 0.29) is 36.0 Å². The summed E-state index contributed by atoms with van der Waals surface area (Å²) in [6, 6.07) is -0.475. The summed E-state index contributed by atoms with van der Waals surface area (Å²) in [6.07, 6.45) is 1.93. The van der Waals surface area contributed by atoms with Gasteiger partial charge in [-0.05, 0) is 25.2 Å². The van der Waals surface area contributed by atoms with Gasteiger partial charge < -0.3 is 11.1 Å². The summed E-state index contributed by atoms with van der Waals surface area (Å²) in [4.78, 5) is 11.9. The van der Waals surface area contributed by atoms with E-state index in [1.165, 1.54) is 4.31 Å². The minimum Gasteiger partial charge on any atom is -0.352 e. The standard InChI is InChI=1S/C13H27N3O3S.ClH/c1-4-9-20(18,19)16-7-5-11(6-8-16)15-13(17)12(14)10(2)3;/h10-12H,4-9,14H2,1-3H3,(H,15,17);1H/t12-;/m0./s1. The van der Waals surface area contributed by atoms with Crippen molar-refractivity contribution in [3.63, 3.8) is 0 Å². The van der Waals surface area contributed by atoms with Crippen molar-refractivity contribution in [1.82, 2.24) is 9.62 Å². The molecule has 0 spiro atoms. The van der Waals surface area contributed by atoms with Crippen LogP contribution in [0.5, 0.6) is 0 Å². The van der Waals surface area contributed by atoms with E-state index in [2.05, 4.69) is 5.32 Å². The Kier molecular flexibility index (Phi) is 8.77. The molecule has 3 N–H and O–H groups in total. The number of carbonyl (C=O) groups is 1. The number of amides is 1. The van der Waals surface area contributed by atoms with Crippen LogP contribution in [0.3, 0.4) is 0 Å². The van der Waals surface area contributed by atoms with Crippen LogP contribution in [0.4, 0.5) is 0 Å². The van der Waals surface area contributed by atoms with Crippen molar-refractivity contribution in [2.45, 2.75) is 52.1 Å². The fraction of sp³-hybridized carbons (Fsp3) is 0.923. The van der Waals surface area contributed by atoms with Gasteiger partial charge in [-0.15, -0.1) is 12.4 Å². The lowest BCUT2D eigenvalue weighted by Gasteiger charge is -2.32. The molecule has 21 heavy (non-hydrogen) atoms. The lowest BCUT2D eigenvalue weighted by molar-refractivity contribution is -0.124. The van der Waals surface area contributed by atoms with Crippen LogP contribution in [0.25, 0.3) is 0 Å². The highest BCUT2D eigenvalue weighted by atomic mass is 35.5. The number of carbonyl (C=O) groups excluding carboxylic acids is 1. The molecule has 1 amide bonds. The summed E-state index contributed by atoms with van der Waals surface area (Å²) < 4.78 is 25.4. The van der Waals surface area contributed by atoms with E-state index in [0.717, 1.165) is 0 Å². The number of piperidine rings is 1. The Labute approximate surface area is 134 Å². The van der Waals surface area contributed by atoms with Crippen molar-refractivity contribution in [3.8, 4) is 0 Å². The maximum absolute atomic E-state index is 11.9. The fourth-order valence-electron chi connectivity index (χ4n) is 2.27. The Hall–Kier alpha value is -0.370. The van der Waals surface area contributed by atoms with Crippen molar-refractivity contribution in [2.75, 3.05) is 18.8 Å². The molecule has 1 atom stereocenters. The number of halogens is 1. The quantitative estimate of drug-likeness (QED) is 0.744. The Morgan fingerprint density at radius 3 is 2.29 bits per heavy atom. The molecule has 0 aromatic rings. The van der Waals surface area contributed by atoms with Gasteiger partial charge in [-0.25, -0.2) is 12.7 Å². The number of nitrogens with one attached hydrogen (secondary N) is 1. The first-order valence-corrected chi connectivity index (χ1v) is 8.92. The first kappa shape index (κ1) is 20.6. The molecule has 0 aromatic heterocycles. The predicted molar refractivity (Wildman–Crippen MR) is 86.9 cm³/mol. The minimum absolute atomic E-state index is 0. The van der Waals surface area contributed by atoms with Crippen LogP contribution in [-0.2, 0) is 14.8 Å². The molecule has 126 valence electrons. The molecule has 0 aromatic carbocycles. The van der Waals surface area contributed by atoms with Gasteiger partial charge in [0.2, 0.25) is 15.9 Å². The summed E-state index contributed by atoms with van der Waals surface area (Å²) in [6.45, 7) is 6.63. The molecule has 1 aliphatic rings. The average Bonchev–Trinajstić information content (AvgIpc) is 2.38. The lowest BCUT2D eigenvalue weighted by atomic mass is 10.0. The highest BCUT2D eigenvalue weighted by Crippen LogP contribution is 2.15. The molecule has 1 fully saturated rings. The topological polar surface area (TPSA) is 92.5 Å². The molecule has 8 heteroatoms. The third-order valence-electron chi connectivity index (χ3n) is 3.68. The fourth-order valence-corrected chi connectivity index (χ4v) is 3.81. The zero-order valence-corrected chi connectivity index (χ0v) is 14.7. The van der Waals surface area contributed by atoms with Crippen molar-refractivity contribution in [1.29, 1.82) is 0 Å². The van der Waals surface area contributed by atoms with Gasteiger partial charge in [0, 0.05) is 19.1 Å². The van der Waals surface area contributed by atoms with Gasteiger partial charge in [-0.2, -0.15) is 0 Å². The monoisotopic (exact) mass is 341 g/mol. The van der Waals surface area contributed by atoms with Crippen molar-refractivity contribution < 1.29 is 13.2 Å². The number of rotatable bonds is 6. The second kappa shape index (κ2) is 8.92. The van der Waals surface area contributed by atoms with Gasteiger partial charge in [-0.3, -0.25) is 4.79 Å². The van der Waals surface area contributed by atoms with E-state index in [1.54, 1.807) is 0 Å². The predicted octanol–water partition coefficient (Wildman–Crippen LogP) is 0.712. The van der Waals surface area contributed by atoms with Gasteiger partial charge in [0.15, 0.2) is 0 Å². The lowest BCUT2D eigenvalue weighted by Crippen LogP contribution is -2.51. The zero-order valence-electron chi connectivity index (χ0n) is 13.0. The highest BCUT2D eigenvalue weighted by molar-refractivity contribution is 7.89. The maximum Gasteiger partial charge on any atom is 0.237 e. The molecule has 1 heterocycles. The summed E-state index contributed by atoms with van der Waals surface area (Å²) in [5.74, 6) is 0.150. The zero-order chi connectivity index (χ0) is 15.3. The third-order valence-corrected chi connectivity index (χ3v) is 5.75. The van der Waals surface area contributed by atoms with Crippen LogP contribution in [0.1, 0.15) is 40.0 Å². The molecule has 0 radical (unpaired) electrons. The van der Waals surface area contributed by atoms with E-state index >= 15 is 0 Å². The van der Waals surface area contributed by atoms with E-state index < -0.39 is 16.1 Å². The summed E-state index contributed by atoms with van der Waals surface area (Å²) in [5.41, 5.74) is 5.79. The van der Waals surface area contributed by atoms with Crippen LogP contribution >= 0.6 is 12.4 Å². The van der Waals surface area contributed by atoms with Gasteiger partial charge in [0.05, 0.1) is 11.8 Å². The first-order valence-electron chi connectivity index (χ1n) is 7.31. The van der Waals surface area contributed by atoms with Crippen LogP contribution in [-0.4, -0.2) is 49.6 Å². The highest BCUT2D eigenvalue weighted by Gasteiger charge is 2.29. The molecule has 1 saturated heterocycles. The molecule has 1 aliphatic heterocycles. The molecule has 0 bridgehead atoms. The van der Waals surface area contributed by atoms with Gasteiger partial charge in [-0.1, -0.05) is 20.8 Å². The molecule has 0 saturated carbocycles. The average molecular weight is 342 g/mol. The number of nitrogens with two attached hydrogens (primary N) is 1. The third kappa shape index (κ3) is 6.10. The minimum atomic E-state index is -3.12. The summed E-state index contributed by atoms with van der Waals surface area (Å²) in [7, 11) is -3.12. The van der Waals surface area contributed by atoms with Crippen molar-refractivity contribution in [2.24, 2.45) is 11.7 Å². The van der Waals surface area contributed by atoms with Gasteiger partial charge in [0.1, 0.15) is 0 Å². The summed E-state index contributed by atoms with van der Waals surface area (Å²) >= 11 is 0. The molecule has 6 nitrogen and oxygen atoms in total. The first-order chi connectivity index (χ1) is 9.27. The Morgan fingerprint density at radius 2 is 1.86 bits per heavy atom. The second-order valence-electron chi connectivity index (χ2n) is 5.77. The van der Waals surface area contributed by atoms with E-state index in [1.807, 2.05) is 20.8 Å². The second-order valence-corrected chi connectivity index (χ2v) is 7.86. The van der Waals surface area contributed by atoms with Crippen LogP contribution in [0, 0.1) is 5.92 Å². The van der Waals surface area contributed by atoms with E-state index in [9.17, 15) is 13.2 Å². The normalized spacial score (nSPS) is 19.1. The number of sulfonamides is 1. The van der Waals surface area contributed by atoms with Crippen molar-refractivity contribution >= 4 is 28.3 Å². The Balaban J connectivity index is 0.00000400. The SMILES string of the molecule is CCCS(=O)(=O)N1CCC(NC(=O)[C@@H](N)C(C)C)CC1.Cl. The van der Waals surface area contributed by atoms with Crippen LogP contribution in [0.2, 0.25) is 0 Å². The largest absolute Gasteiger partial charge is 0.352 e. The smallest absolute Gasteiger partial charge is 0.237 e. The van der Waals surface area contributed by atoms with Crippen molar-refractivity contribution in [3.05, 3.63) is 0 Å². The Morgan fingerprint density at radius 1 is 1.33 bits per heavy atom. The Bertz CT molecular complexity index is 420. The number of hydrogen-bond acceptors (Lipinski definition) is 4. The number of hydrogen-bond donors (Lipinski definition) is 2. The molecular weight excluding hydrogens is 314 g/mol. The van der Waals surface area contributed by atoms with Crippen LogP contribution in [0.15, 0.2) is 0 Å². The van der Waals surface area contributed by atoms with E-state index in [0.29, 0.717) is 32.4 Å². The molecule has 0 unspecified atom stereocenters. The maximum atomic E-state index is 11.9. The molecule has 1 rings (SSSR count). The summed E-state index contributed by atoms with van der Waals surface area (Å²) in [5, 5.41) is 2.92.